The lowest BCUT2D eigenvalue weighted by molar-refractivity contribution is 0.0692. The van der Waals surface area contributed by atoms with Gasteiger partial charge in [-0.25, -0.2) is 19.2 Å². The number of rotatable bonds is 4. The van der Waals surface area contributed by atoms with Gasteiger partial charge in [-0.3, -0.25) is 0 Å². The second kappa shape index (κ2) is 5.75. The van der Waals surface area contributed by atoms with Gasteiger partial charge in [-0.2, -0.15) is 0 Å². The first-order valence-electron chi connectivity index (χ1n) is 5.18. The van der Waals surface area contributed by atoms with Gasteiger partial charge in [0.05, 0.1) is 5.69 Å². The van der Waals surface area contributed by atoms with E-state index in [2.05, 4.69) is 25.9 Å². The molecule has 0 bridgehead atoms. The lowest BCUT2D eigenvalue weighted by Crippen LogP contribution is -2.09. The predicted octanol–water partition coefficient (Wildman–Crippen LogP) is 2.66. The lowest BCUT2D eigenvalue weighted by atomic mass is 10.2. The van der Waals surface area contributed by atoms with Gasteiger partial charge in [0.25, 0.3) is 0 Å². The minimum absolute atomic E-state index is 0.0261. The van der Waals surface area contributed by atoms with Crippen LogP contribution in [0.15, 0.2) is 35.2 Å². The van der Waals surface area contributed by atoms with Crippen LogP contribution in [-0.4, -0.2) is 21.0 Å². The molecule has 1 aromatic carbocycles. The van der Waals surface area contributed by atoms with E-state index in [0.29, 0.717) is 4.47 Å². The van der Waals surface area contributed by atoms with Crippen molar-refractivity contribution in [3.63, 3.8) is 0 Å². The van der Waals surface area contributed by atoms with Gasteiger partial charge in [0, 0.05) is 10.7 Å². The summed E-state index contributed by atoms with van der Waals surface area (Å²) in [6.07, 6.45) is 2.38. The molecule has 0 spiro atoms. The molecule has 98 valence electrons. The fourth-order valence-electron chi connectivity index (χ4n) is 1.39. The fraction of sp³-hybridized carbons (Fsp3) is 0.0833. The third kappa shape index (κ3) is 3.25. The van der Waals surface area contributed by atoms with E-state index in [-0.39, 0.29) is 23.6 Å². The number of nitrogens with zero attached hydrogens (tertiary/aromatic N) is 2. The van der Waals surface area contributed by atoms with Crippen molar-refractivity contribution in [2.24, 2.45) is 0 Å². The second-order valence-corrected chi connectivity index (χ2v) is 4.47. The molecule has 19 heavy (non-hydrogen) atoms. The number of aromatic nitrogens is 2. The maximum atomic E-state index is 13.5. The average Bonchev–Trinajstić information content (AvgIpc) is 2.38. The largest absolute Gasteiger partial charge is 0.484 e. The summed E-state index contributed by atoms with van der Waals surface area (Å²) in [4.78, 5) is 18.4. The molecule has 1 aromatic heterocycles. The molecule has 0 unspecified atom stereocenters. The molecule has 0 fully saturated rings. The number of carboxylic acids is 1. The van der Waals surface area contributed by atoms with E-state index in [1.807, 2.05) is 0 Å². The van der Waals surface area contributed by atoms with Crippen LogP contribution in [-0.2, 0) is 6.61 Å². The first-order valence-corrected chi connectivity index (χ1v) is 5.97. The van der Waals surface area contributed by atoms with E-state index in [1.54, 1.807) is 6.07 Å². The van der Waals surface area contributed by atoms with E-state index < -0.39 is 11.8 Å². The molecule has 2 rings (SSSR count). The van der Waals surface area contributed by atoms with Crippen molar-refractivity contribution in [2.75, 3.05) is 0 Å². The van der Waals surface area contributed by atoms with Crippen molar-refractivity contribution in [1.82, 2.24) is 9.97 Å². The number of ether oxygens (including phenoxy) is 1. The van der Waals surface area contributed by atoms with Gasteiger partial charge in [-0.15, -0.1) is 0 Å². The zero-order valence-electron chi connectivity index (χ0n) is 9.51. The molecule has 0 aliphatic carbocycles. The van der Waals surface area contributed by atoms with Crippen LogP contribution in [0.1, 0.15) is 16.1 Å². The monoisotopic (exact) mass is 326 g/mol. The summed E-state index contributed by atoms with van der Waals surface area (Å²) in [5.41, 5.74) is 0.116. The summed E-state index contributed by atoms with van der Waals surface area (Å²) in [5.74, 6) is -1.67. The van der Waals surface area contributed by atoms with Crippen molar-refractivity contribution in [1.29, 1.82) is 0 Å². The first kappa shape index (κ1) is 13.4. The summed E-state index contributed by atoms with van der Waals surface area (Å²) in [5, 5.41) is 8.94. The normalized spacial score (nSPS) is 10.2. The van der Waals surface area contributed by atoms with E-state index in [9.17, 15) is 9.18 Å². The Morgan fingerprint density at radius 2 is 2.26 bits per heavy atom. The second-order valence-electron chi connectivity index (χ2n) is 3.55. The smallest absolute Gasteiger partial charge is 0.339 e. The highest BCUT2D eigenvalue weighted by molar-refractivity contribution is 9.10. The number of hydrogen-bond acceptors (Lipinski definition) is 4. The van der Waals surface area contributed by atoms with Gasteiger partial charge in [0.1, 0.15) is 18.5 Å². The molecule has 0 radical (unpaired) electrons. The van der Waals surface area contributed by atoms with E-state index in [1.165, 1.54) is 24.7 Å². The molecule has 0 atom stereocenters. The summed E-state index contributed by atoms with van der Waals surface area (Å²) in [7, 11) is 0. The van der Waals surface area contributed by atoms with Crippen LogP contribution in [0, 0.1) is 5.82 Å². The number of carboxylic acid groups (broad SMARTS) is 1. The number of carbonyl (C=O) groups is 1. The van der Waals surface area contributed by atoms with Crippen LogP contribution in [0.5, 0.6) is 5.75 Å². The van der Waals surface area contributed by atoms with Crippen molar-refractivity contribution in [2.45, 2.75) is 6.61 Å². The molecule has 2 aromatic rings. The van der Waals surface area contributed by atoms with Gasteiger partial charge in [-0.05, 0) is 18.2 Å². The molecular formula is C12H8BrFN2O3. The van der Waals surface area contributed by atoms with Crippen molar-refractivity contribution < 1.29 is 19.0 Å². The Kier molecular flexibility index (Phi) is 4.06. The standard InChI is InChI=1S/C12H8BrFN2O3/c13-7-1-2-11(9(14)3-7)19-5-10-8(12(17)18)4-15-6-16-10/h1-4,6H,5H2,(H,17,18). The number of aromatic carboxylic acids is 1. The Labute approximate surface area is 116 Å². The van der Waals surface area contributed by atoms with Gasteiger partial charge in [0.15, 0.2) is 11.6 Å². The predicted molar refractivity (Wildman–Crippen MR) is 67.4 cm³/mol. The minimum atomic E-state index is -1.16. The van der Waals surface area contributed by atoms with Gasteiger partial charge in [-0.1, -0.05) is 15.9 Å². The van der Waals surface area contributed by atoms with Crippen molar-refractivity contribution in [3.8, 4) is 5.75 Å². The fourth-order valence-corrected chi connectivity index (χ4v) is 1.72. The summed E-state index contributed by atoms with van der Waals surface area (Å²) < 4.78 is 19.3. The summed E-state index contributed by atoms with van der Waals surface area (Å²) in [6.45, 7) is -0.150. The molecular weight excluding hydrogens is 319 g/mol. The molecule has 0 saturated carbocycles. The summed E-state index contributed by atoms with van der Waals surface area (Å²) >= 11 is 3.13. The van der Waals surface area contributed by atoms with Gasteiger partial charge >= 0.3 is 5.97 Å². The van der Waals surface area contributed by atoms with Crippen LogP contribution in [0.25, 0.3) is 0 Å². The Morgan fingerprint density at radius 1 is 1.47 bits per heavy atom. The Bertz CT molecular complexity index is 622. The topological polar surface area (TPSA) is 72.3 Å². The highest BCUT2D eigenvalue weighted by Crippen LogP contribution is 2.22. The zero-order chi connectivity index (χ0) is 13.8. The molecule has 0 aliphatic rings. The molecule has 0 amide bonds. The van der Waals surface area contributed by atoms with Crippen LogP contribution in [0.2, 0.25) is 0 Å². The van der Waals surface area contributed by atoms with Crippen molar-refractivity contribution in [3.05, 3.63) is 52.3 Å². The quantitative estimate of drug-likeness (QED) is 0.935. The number of hydrogen-bond donors (Lipinski definition) is 1. The Balaban J connectivity index is 2.17. The highest BCUT2D eigenvalue weighted by atomic mass is 79.9. The molecule has 0 saturated heterocycles. The maximum absolute atomic E-state index is 13.5. The number of benzene rings is 1. The van der Waals surface area contributed by atoms with Crippen LogP contribution >= 0.6 is 15.9 Å². The van der Waals surface area contributed by atoms with E-state index >= 15 is 0 Å². The average molecular weight is 327 g/mol. The Hall–Kier alpha value is -2.02. The third-order valence-corrected chi connectivity index (χ3v) is 2.78. The minimum Gasteiger partial charge on any atom is -0.484 e. The number of halogens is 2. The van der Waals surface area contributed by atoms with Gasteiger partial charge in [0.2, 0.25) is 0 Å². The van der Waals surface area contributed by atoms with E-state index in [4.69, 9.17) is 9.84 Å². The molecule has 5 nitrogen and oxygen atoms in total. The first-order chi connectivity index (χ1) is 9.08. The molecule has 7 heteroatoms. The zero-order valence-corrected chi connectivity index (χ0v) is 11.1. The third-order valence-electron chi connectivity index (χ3n) is 2.28. The Morgan fingerprint density at radius 3 is 2.95 bits per heavy atom. The summed E-state index contributed by atoms with van der Waals surface area (Å²) in [6, 6.07) is 4.32. The lowest BCUT2D eigenvalue weighted by Gasteiger charge is -2.08. The van der Waals surface area contributed by atoms with E-state index in [0.717, 1.165) is 0 Å². The maximum Gasteiger partial charge on any atom is 0.339 e. The molecule has 0 aliphatic heterocycles. The van der Waals surface area contributed by atoms with Crippen LogP contribution in [0.4, 0.5) is 4.39 Å². The van der Waals surface area contributed by atoms with Crippen LogP contribution in [0.3, 0.4) is 0 Å². The van der Waals surface area contributed by atoms with Crippen molar-refractivity contribution >= 4 is 21.9 Å². The van der Waals surface area contributed by atoms with Crippen LogP contribution < -0.4 is 4.74 Å². The SMILES string of the molecule is O=C(O)c1cncnc1COc1ccc(Br)cc1F. The molecule has 1 N–H and O–H groups in total. The van der Waals surface area contributed by atoms with Gasteiger partial charge < -0.3 is 9.84 Å². The molecule has 1 heterocycles. The highest BCUT2D eigenvalue weighted by Gasteiger charge is 2.13.